The molecule has 0 aliphatic carbocycles. The SMILES string of the molecule is Cc1cc(-c2cnc(-c3ccccn3)[nH]c2=O)on1. The number of pyridine rings is 1. The Hall–Kier alpha value is -2.76. The number of aromatic nitrogens is 4. The van der Waals surface area contributed by atoms with Crippen LogP contribution in [0.25, 0.3) is 22.8 Å². The zero-order chi connectivity index (χ0) is 13.2. The molecule has 0 radical (unpaired) electrons. The zero-order valence-electron chi connectivity index (χ0n) is 10.1. The van der Waals surface area contributed by atoms with Gasteiger partial charge in [0.25, 0.3) is 5.56 Å². The summed E-state index contributed by atoms with van der Waals surface area (Å²) in [6.07, 6.45) is 3.10. The molecule has 0 aliphatic rings. The average Bonchev–Trinajstić information content (AvgIpc) is 2.86. The summed E-state index contributed by atoms with van der Waals surface area (Å²) in [4.78, 5) is 23.0. The number of hydrogen-bond donors (Lipinski definition) is 1. The highest BCUT2D eigenvalue weighted by Gasteiger charge is 2.11. The lowest BCUT2D eigenvalue weighted by Gasteiger charge is -2.00. The molecule has 0 aliphatic heterocycles. The summed E-state index contributed by atoms with van der Waals surface area (Å²) in [5, 5.41) is 3.75. The van der Waals surface area contributed by atoms with Crippen molar-refractivity contribution in [2.45, 2.75) is 6.92 Å². The van der Waals surface area contributed by atoms with Gasteiger partial charge in [-0.15, -0.1) is 0 Å². The van der Waals surface area contributed by atoms with E-state index in [2.05, 4.69) is 20.1 Å². The molecule has 0 atom stereocenters. The summed E-state index contributed by atoms with van der Waals surface area (Å²) in [5.41, 5.74) is 1.38. The maximum absolute atomic E-state index is 12.0. The molecule has 0 saturated heterocycles. The van der Waals surface area contributed by atoms with Crippen LogP contribution < -0.4 is 5.56 Å². The first-order valence-corrected chi connectivity index (χ1v) is 5.68. The van der Waals surface area contributed by atoms with Gasteiger partial charge in [-0.3, -0.25) is 9.78 Å². The molecule has 0 amide bonds. The third kappa shape index (κ3) is 2.15. The highest BCUT2D eigenvalue weighted by molar-refractivity contribution is 5.57. The van der Waals surface area contributed by atoms with Gasteiger partial charge >= 0.3 is 0 Å². The normalized spacial score (nSPS) is 10.6. The minimum atomic E-state index is -0.285. The van der Waals surface area contributed by atoms with E-state index in [0.29, 0.717) is 28.5 Å². The Morgan fingerprint density at radius 3 is 2.79 bits per heavy atom. The Bertz CT molecular complexity index is 762. The van der Waals surface area contributed by atoms with Crippen LogP contribution in [0.5, 0.6) is 0 Å². The predicted molar refractivity (Wildman–Crippen MR) is 68.3 cm³/mol. The van der Waals surface area contributed by atoms with Gasteiger partial charge in [0.1, 0.15) is 11.3 Å². The first-order chi connectivity index (χ1) is 9.24. The van der Waals surface area contributed by atoms with Crippen LogP contribution >= 0.6 is 0 Å². The fourth-order valence-corrected chi connectivity index (χ4v) is 1.69. The van der Waals surface area contributed by atoms with Crippen LogP contribution in [-0.2, 0) is 0 Å². The highest BCUT2D eigenvalue weighted by Crippen LogP contribution is 2.16. The monoisotopic (exact) mass is 254 g/mol. The van der Waals surface area contributed by atoms with Crippen molar-refractivity contribution in [1.82, 2.24) is 20.1 Å². The molecule has 0 spiro atoms. The van der Waals surface area contributed by atoms with E-state index in [9.17, 15) is 4.79 Å². The lowest BCUT2D eigenvalue weighted by atomic mass is 10.2. The van der Waals surface area contributed by atoms with Crippen LogP contribution in [0, 0.1) is 6.92 Å². The summed E-state index contributed by atoms with van der Waals surface area (Å²) < 4.78 is 5.05. The van der Waals surface area contributed by atoms with Crippen LogP contribution in [-0.4, -0.2) is 20.1 Å². The van der Waals surface area contributed by atoms with Crippen molar-refractivity contribution in [2.24, 2.45) is 0 Å². The van der Waals surface area contributed by atoms with E-state index >= 15 is 0 Å². The van der Waals surface area contributed by atoms with Crippen LogP contribution in [0.4, 0.5) is 0 Å². The molecule has 1 N–H and O–H groups in total. The molecule has 3 aromatic rings. The lowest BCUT2D eigenvalue weighted by molar-refractivity contribution is 0.426. The maximum Gasteiger partial charge on any atom is 0.262 e. The number of hydrogen-bond acceptors (Lipinski definition) is 5. The van der Waals surface area contributed by atoms with Crippen molar-refractivity contribution in [3.8, 4) is 22.8 Å². The molecule has 3 aromatic heterocycles. The van der Waals surface area contributed by atoms with Gasteiger partial charge in [-0.2, -0.15) is 0 Å². The second kappa shape index (κ2) is 4.49. The molecule has 0 bridgehead atoms. The summed E-state index contributed by atoms with van der Waals surface area (Å²) in [5.74, 6) is 0.824. The average molecular weight is 254 g/mol. The Morgan fingerprint density at radius 2 is 2.16 bits per heavy atom. The van der Waals surface area contributed by atoms with Crippen molar-refractivity contribution in [2.75, 3.05) is 0 Å². The van der Waals surface area contributed by atoms with Crippen LogP contribution in [0.3, 0.4) is 0 Å². The van der Waals surface area contributed by atoms with Gasteiger partial charge in [0, 0.05) is 18.5 Å². The van der Waals surface area contributed by atoms with Crippen molar-refractivity contribution < 1.29 is 4.52 Å². The Labute approximate surface area is 108 Å². The number of nitrogens with zero attached hydrogens (tertiary/aromatic N) is 3. The van der Waals surface area contributed by atoms with E-state index in [1.54, 1.807) is 31.3 Å². The third-order valence-electron chi connectivity index (χ3n) is 2.60. The molecule has 3 heterocycles. The van der Waals surface area contributed by atoms with E-state index in [0.717, 1.165) is 0 Å². The quantitative estimate of drug-likeness (QED) is 0.753. The predicted octanol–water partition coefficient (Wildman–Crippen LogP) is 1.80. The molecule has 94 valence electrons. The third-order valence-corrected chi connectivity index (χ3v) is 2.60. The molecule has 6 heteroatoms. The molecule has 6 nitrogen and oxygen atoms in total. The van der Waals surface area contributed by atoms with Crippen molar-refractivity contribution in [3.63, 3.8) is 0 Å². The van der Waals surface area contributed by atoms with Gasteiger partial charge in [-0.05, 0) is 19.1 Å². The highest BCUT2D eigenvalue weighted by atomic mass is 16.5. The molecule has 0 fully saturated rings. The maximum atomic E-state index is 12.0. The minimum Gasteiger partial charge on any atom is -0.356 e. The van der Waals surface area contributed by atoms with Crippen LogP contribution in [0.2, 0.25) is 0 Å². The van der Waals surface area contributed by atoms with Gasteiger partial charge in [0.2, 0.25) is 0 Å². The minimum absolute atomic E-state index is 0.285. The molecule has 19 heavy (non-hydrogen) atoms. The first kappa shape index (κ1) is 11.3. The second-order valence-corrected chi connectivity index (χ2v) is 4.02. The Balaban J connectivity index is 2.06. The molecule has 0 aromatic carbocycles. The van der Waals surface area contributed by atoms with Crippen molar-refractivity contribution in [1.29, 1.82) is 0 Å². The van der Waals surface area contributed by atoms with Gasteiger partial charge < -0.3 is 9.51 Å². The van der Waals surface area contributed by atoms with Crippen LogP contribution in [0.1, 0.15) is 5.69 Å². The summed E-state index contributed by atoms with van der Waals surface area (Å²) in [7, 11) is 0. The van der Waals surface area contributed by atoms with E-state index in [1.165, 1.54) is 6.20 Å². The molecular weight excluding hydrogens is 244 g/mol. The van der Waals surface area contributed by atoms with E-state index in [4.69, 9.17) is 4.52 Å². The van der Waals surface area contributed by atoms with Gasteiger partial charge in [-0.1, -0.05) is 11.2 Å². The molecular formula is C13H10N4O2. The summed E-state index contributed by atoms with van der Waals surface area (Å²) in [6.45, 7) is 1.79. The fourth-order valence-electron chi connectivity index (χ4n) is 1.69. The van der Waals surface area contributed by atoms with Crippen LogP contribution in [0.15, 0.2) is 46.0 Å². The van der Waals surface area contributed by atoms with Crippen molar-refractivity contribution in [3.05, 3.63) is 52.7 Å². The number of nitrogens with one attached hydrogen (secondary N) is 1. The lowest BCUT2D eigenvalue weighted by Crippen LogP contribution is -2.11. The van der Waals surface area contributed by atoms with E-state index < -0.39 is 0 Å². The fraction of sp³-hybridized carbons (Fsp3) is 0.0769. The van der Waals surface area contributed by atoms with Gasteiger partial charge in [0.05, 0.1) is 5.69 Å². The number of aromatic amines is 1. The number of H-pyrrole nitrogens is 1. The molecule has 3 rings (SSSR count). The molecule has 0 unspecified atom stereocenters. The smallest absolute Gasteiger partial charge is 0.262 e. The second-order valence-electron chi connectivity index (χ2n) is 4.02. The topological polar surface area (TPSA) is 84.7 Å². The number of rotatable bonds is 2. The zero-order valence-corrected chi connectivity index (χ0v) is 10.1. The van der Waals surface area contributed by atoms with Gasteiger partial charge in [-0.25, -0.2) is 4.98 Å². The molecule has 0 saturated carbocycles. The van der Waals surface area contributed by atoms with E-state index in [-0.39, 0.29) is 5.56 Å². The number of aryl methyl sites for hydroxylation is 1. The van der Waals surface area contributed by atoms with Gasteiger partial charge in [0.15, 0.2) is 11.6 Å². The van der Waals surface area contributed by atoms with Crippen molar-refractivity contribution >= 4 is 0 Å². The summed E-state index contributed by atoms with van der Waals surface area (Å²) in [6, 6.07) is 7.09. The van der Waals surface area contributed by atoms with E-state index in [1.807, 2.05) is 6.07 Å². The Morgan fingerprint density at radius 1 is 1.26 bits per heavy atom. The Kier molecular flexibility index (Phi) is 2.68. The summed E-state index contributed by atoms with van der Waals surface area (Å²) >= 11 is 0. The standard InChI is InChI=1S/C13H10N4O2/c1-8-6-11(19-17-8)9-7-15-12(16-13(9)18)10-4-2-3-5-14-10/h2-7H,1H3,(H,15,16,18). The largest absolute Gasteiger partial charge is 0.356 e. The first-order valence-electron chi connectivity index (χ1n) is 5.68.